The van der Waals surface area contributed by atoms with E-state index in [1.54, 1.807) is 60.7 Å². The Hall–Kier alpha value is -5.49. The number of pyridine rings is 1. The van der Waals surface area contributed by atoms with Crippen LogP contribution in [0.25, 0.3) is 10.9 Å². The molecule has 11 heteroatoms. The number of amides is 1. The summed E-state index contributed by atoms with van der Waals surface area (Å²) in [5.74, 6) is 0.164. The average Bonchev–Trinajstić information content (AvgIpc) is 3.27. The molecule has 2 saturated heterocycles. The van der Waals surface area contributed by atoms with Gasteiger partial charge in [-0.05, 0) is 98.0 Å². The second kappa shape index (κ2) is 19.5. The monoisotopic (exact) mass is 801 g/mol. The summed E-state index contributed by atoms with van der Waals surface area (Å²) in [6.45, 7) is 4.06. The van der Waals surface area contributed by atoms with Gasteiger partial charge in [-0.25, -0.2) is 4.79 Å². The van der Waals surface area contributed by atoms with E-state index >= 15 is 0 Å². The highest BCUT2D eigenvalue weighted by Crippen LogP contribution is 2.35. The Balaban J connectivity index is 0.866. The fourth-order valence-corrected chi connectivity index (χ4v) is 8.53. The summed E-state index contributed by atoms with van der Waals surface area (Å²) >= 11 is 0. The van der Waals surface area contributed by atoms with E-state index < -0.39 is 17.7 Å². The number of aromatic amines is 1. The van der Waals surface area contributed by atoms with Crippen molar-refractivity contribution in [3.05, 3.63) is 142 Å². The van der Waals surface area contributed by atoms with Crippen LogP contribution >= 0.6 is 0 Å². The molecule has 3 heterocycles. The molecule has 4 aromatic carbocycles. The fraction of sp³-hybridized carbons (Fsp3) is 0.396. The van der Waals surface area contributed by atoms with Crippen molar-refractivity contribution in [1.29, 1.82) is 0 Å². The molecule has 0 radical (unpaired) electrons. The topological polar surface area (TPSA) is 153 Å². The van der Waals surface area contributed by atoms with Gasteiger partial charge in [-0.2, -0.15) is 0 Å². The second-order valence-electron chi connectivity index (χ2n) is 16.1. The Morgan fingerprint density at radius 1 is 0.797 bits per heavy atom. The van der Waals surface area contributed by atoms with Crippen LogP contribution in [0.15, 0.2) is 114 Å². The largest absolute Gasteiger partial charge is 0.506 e. The highest BCUT2D eigenvalue weighted by Gasteiger charge is 2.42. The highest BCUT2D eigenvalue weighted by molar-refractivity contribution is 5.87. The predicted molar refractivity (Wildman–Crippen MR) is 226 cm³/mol. The molecule has 2 aliphatic rings. The zero-order valence-electron chi connectivity index (χ0n) is 33.5. The van der Waals surface area contributed by atoms with Gasteiger partial charge in [0.1, 0.15) is 11.5 Å². The Morgan fingerprint density at radius 3 is 2.24 bits per heavy atom. The van der Waals surface area contributed by atoms with Gasteiger partial charge in [0.2, 0.25) is 11.2 Å². The van der Waals surface area contributed by atoms with Crippen LogP contribution in [0, 0.1) is 11.8 Å². The minimum absolute atomic E-state index is 0.0259. The van der Waals surface area contributed by atoms with E-state index in [1.165, 1.54) is 17.7 Å². The third-order valence-corrected chi connectivity index (χ3v) is 12.1. The summed E-state index contributed by atoms with van der Waals surface area (Å²) in [5.41, 5.74) is 0.607. The Bertz CT molecular complexity index is 2210. The zero-order valence-corrected chi connectivity index (χ0v) is 33.5. The molecule has 5 aromatic rings. The number of piperidine rings is 2. The number of carbonyl (C=O) groups excluding carboxylic acids is 2. The molecule has 2 atom stereocenters. The van der Waals surface area contributed by atoms with Gasteiger partial charge in [-0.1, -0.05) is 98.1 Å². The van der Waals surface area contributed by atoms with Crippen LogP contribution in [0.2, 0.25) is 0 Å². The number of hydrogen-bond donors (Lipinski definition) is 4. The van der Waals surface area contributed by atoms with E-state index in [4.69, 9.17) is 9.47 Å². The number of benzene rings is 4. The quantitative estimate of drug-likeness (QED) is 0.0621. The lowest BCUT2D eigenvalue weighted by Gasteiger charge is -2.33. The molecule has 11 nitrogen and oxygen atoms in total. The second-order valence-corrected chi connectivity index (χ2v) is 16.1. The van der Waals surface area contributed by atoms with Crippen LogP contribution in [0.3, 0.4) is 0 Å². The van der Waals surface area contributed by atoms with Crippen molar-refractivity contribution < 1.29 is 34.4 Å². The van der Waals surface area contributed by atoms with Crippen LogP contribution in [0.5, 0.6) is 11.5 Å². The van der Waals surface area contributed by atoms with Gasteiger partial charge in [0.05, 0.1) is 18.2 Å². The number of likely N-dealkylation sites (tertiary alicyclic amines) is 2. The van der Waals surface area contributed by atoms with Crippen LogP contribution in [-0.2, 0) is 26.5 Å². The minimum Gasteiger partial charge on any atom is -0.506 e. The number of aliphatic hydroxyl groups is 2. The fourth-order valence-electron chi connectivity index (χ4n) is 8.53. The average molecular weight is 802 g/mol. The number of unbranched alkanes of at least 4 members (excludes halogenated alkanes) is 1. The van der Waals surface area contributed by atoms with Gasteiger partial charge >= 0.3 is 5.97 Å². The number of aromatic nitrogens is 1. The first-order valence-corrected chi connectivity index (χ1v) is 20.9. The summed E-state index contributed by atoms with van der Waals surface area (Å²) in [6, 6.07) is 32.1. The number of fused-ring (bicyclic) bond motifs is 1. The van der Waals surface area contributed by atoms with Crippen molar-refractivity contribution in [3.63, 3.8) is 0 Å². The molecular weight excluding hydrogens is 747 g/mol. The molecule has 1 aromatic heterocycles. The molecule has 7 rings (SSSR count). The maximum absolute atomic E-state index is 13.8. The van der Waals surface area contributed by atoms with Crippen LogP contribution in [-0.4, -0.2) is 81.4 Å². The van der Waals surface area contributed by atoms with Gasteiger partial charge in [-0.3, -0.25) is 14.5 Å². The van der Waals surface area contributed by atoms with Gasteiger partial charge in [0, 0.05) is 36.7 Å². The van der Waals surface area contributed by atoms with Crippen molar-refractivity contribution in [2.24, 2.45) is 11.8 Å². The van der Waals surface area contributed by atoms with Crippen molar-refractivity contribution in [2.45, 2.75) is 69.6 Å². The molecule has 0 bridgehead atoms. The standard InChI is InChI=1S/C48H55N3O8/c52-42(40-18-20-43(53)46-41(40)19-21-44(54)49-46)17-8-7-10-34-24-28-51(29-25-34)45(55)33-58-39-16-9-15-38(30-39)48(57,37-13-5-2-6-14-37)47(56)59-32-36-22-26-50(27-23-36)31-35-11-3-1-4-12-35/h1-6,9,11-16,18-21,30,34,36,42,52-53,57H,7-8,10,17,22-29,31-33H2,(H,49,54)/t42-,48-/m0/s1. The van der Waals surface area contributed by atoms with Crippen LogP contribution in [0.4, 0.5) is 0 Å². The number of nitrogens with one attached hydrogen (secondary N) is 1. The molecule has 4 N–H and O–H groups in total. The normalized spacial score (nSPS) is 17.0. The Labute approximate surface area is 345 Å². The van der Waals surface area contributed by atoms with E-state index in [9.17, 15) is 29.7 Å². The lowest BCUT2D eigenvalue weighted by atomic mass is 9.86. The van der Waals surface area contributed by atoms with Gasteiger partial charge in [0.25, 0.3) is 5.91 Å². The molecule has 1 amide bonds. The maximum atomic E-state index is 13.8. The van der Waals surface area contributed by atoms with Crippen molar-refractivity contribution in [1.82, 2.24) is 14.8 Å². The molecule has 0 saturated carbocycles. The maximum Gasteiger partial charge on any atom is 0.347 e. The number of carbonyl (C=O) groups is 2. The SMILES string of the molecule is O=C(COc1cccc([C@](O)(C(=O)OCC2CCN(Cc3ccccc3)CC2)c2ccccc2)c1)N1CCC(CCCC[C@H](O)c2ccc(O)c3[nH]c(=O)ccc23)CC1. The first-order chi connectivity index (χ1) is 28.7. The number of phenolic OH excluding ortho intramolecular Hbond substituents is 1. The number of aliphatic hydroxyl groups excluding tert-OH is 1. The van der Waals surface area contributed by atoms with Gasteiger partial charge in [-0.15, -0.1) is 0 Å². The van der Waals surface area contributed by atoms with E-state index in [2.05, 4.69) is 34.1 Å². The number of rotatable bonds is 16. The highest BCUT2D eigenvalue weighted by atomic mass is 16.5. The van der Waals surface area contributed by atoms with Crippen LogP contribution < -0.4 is 10.3 Å². The first-order valence-electron chi connectivity index (χ1n) is 20.9. The van der Waals surface area contributed by atoms with E-state index in [0.29, 0.717) is 58.8 Å². The van der Waals surface area contributed by atoms with Gasteiger partial charge < -0.3 is 34.7 Å². The summed E-state index contributed by atoms with van der Waals surface area (Å²) in [5, 5.41) is 33.9. The Kier molecular flexibility index (Phi) is 13.8. The Morgan fingerprint density at radius 2 is 1.49 bits per heavy atom. The molecule has 2 aliphatic heterocycles. The molecule has 0 unspecified atom stereocenters. The van der Waals surface area contributed by atoms with Crippen molar-refractivity contribution in [3.8, 4) is 11.5 Å². The number of hydrogen-bond acceptors (Lipinski definition) is 9. The number of nitrogens with zero attached hydrogens (tertiary/aromatic N) is 2. The molecular formula is C48H55N3O8. The molecule has 59 heavy (non-hydrogen) atoms. The summed E-state index contributed by atoms with van der Waals surface area (Å²) in [6.07, 6.45) is 6.20. The molecule has 0 aliphatic carbocycles. The molecule has 310 valence electrons. The number of H-pyrrole nitrogens is 1. The van der Waals surface area contributed by atoms with Crippen molar-refractivity contribution >= 4 is 22.8 Å². The van der Waals surface area contributed by atoms with E-state index in [1.807, 2.05) is 17.0 Å². The number of ether oxygens (including phenoxy) is 2. The lowest BCUT2D eigenvalue weighted by Crippen LogP contribution is -2.41. The smallest absolute Gasteiger partial charge is 0.347 e. The van der Waals surface area contributed by atoms with Crippen LogP contribution in [0.1, 0.15) is 79.7 Å². The number of esters is 1. The van der Waals surface area contributed by atoms with Gasteiger partial charge in [0.15, 0.2) is 6.61 Å². The minimum atomic E-state index is -2.07. The zero-order chi connectivity index (χ0) is 41.2. The third kappa shape index (κ3) is 10.4. The number of phenols is 1. The number of aromatic hydroxyl groups is 1. The summed E-state index contributed by atoms with van der Waals surface area (Å²) in [4.78, 5) is 45.7. The first kappa shape index (κ1) is 41.7. The van der Waals surface area contributed by atoms with E-state index in [0.717, 1.165) is 64.6 Å². The molecule has 0 spiro atoms. The third-order valence-electron chi connectivity index (χ3n) is 12.1. The lowest BCUT2D eigenvalue weighted by molar-refractivity contribution is -0.164. The molecule has 2 fully saturated rings. The van der Waals surface area contributed by atoms with E-state index in [-0.39, 0.29) is 36.3 Å². The summed E-state index contributed by atoms with van der Waals surface area (Å²) in [7, 11) is 0. The predicted octanol–water partition coefficient (Wildman–Crippen LogP) is 6.84. The summed E-state index contributed by atoms with van der Waals surface area (Å²) < 4.78 is 11.8. The van der Waals surface area contributed by atoms with Crippen molar-refractivity contribution in [2.75, 3.05) is 39.4 Å².